The Bertz CT molecular complexity index is 713. The molecule has 2 atom stereocenters. The van der Waals surface area contributed by atoms with E-state index >= 15 is 0 Å². The second-order valence-corrected chi connectivity index (χ2v) is 5.14. The Morgan fingerprint density at radius 2 is 2.00 bits per heavy atom. The molecule has 3 rings (SSSR count). The number of aliphatic hydroxyl groups is 1. The molecule has 0 aromatic heterocycles. The Balaban J connectivity index is 2.12. The molecular weight excluding hydrogens is 272 g/mol. The Labute approximate surface area is 121 Å². The quantitative estimate of drug-likeness (QED) is 0.837. The monoisotopic (exact) mass is 286 g/mol. The molecule has 0 fully saturated rings. The molecule has 5 nitrogen and oxygen atoms in total. The van der Waals surface area contributed by atoms with Crippen molar-refractivity contribution in [1.29, 1.82) is 0 Å². The number of fused-ring (bicyclic) bond motifs is 1. The van der Waals surface area contributed by atoms with Gasteiger partial charge in [-0.25, -0.2) is 0 Å². The maximum atomic E-state index is 12.6. The van der Waals surface area contributed by atoms with Gasteiger partial charge in [-0.05, 0) is 30.7 Å². The molecule has 0 spiro atoms. The van der Waals surface area contributed by atoms with Crippen molar-refractivity contribution in [1.82, 2.24) is 0 Å². The van der Waals surface area contributed by atoms with E-state index in [2.05, 4.69) is 6.58 Å². The summed E-state index contributed by atoms with van der Waals surface area (Å²) in [6, 6.07) is 4.64. The number of methoxy groups -OCH3 is 1. The van der Waals surface area contributed by atoms with Gasteiger partial charge in [0.15, 0.2) is 11.5 Å². The first kappa shape index (κ1) is 13.6. The summed E-state index contributed by atoms with van der Waals surface area (Å²) in [5, 5.41) is 10.2. The van der Waals surface area contributed by atoms with Gasteiger partial charge in [0.2, 0.25) is 5.78 Å². The van der Waals surface area contributed by atoms with Crippen LogP contribution in [0.15, 0.2) is 41.7 Å². The predicted octanol–water partition coefficient (Wildman–Crippen LogP) is 1.66. The molecule has 0 saturated carbocycles. The number of carbonyl (C=O) groups excluding carboxylic acids is 2. The molecule has 1 aliphatic heterocycles. The topological polar surface area (TPSA) is 72.8 Å². The second-order valence-electron chi connectivity index (χ2n) is 5.14. The van der Waals surface area contributed by atoms with Crippen molar-refractivity contribution in [2.24, 2.45) is 0 Å². The van der Waals surface area contributed by atoms with E-state index in [9.17, 15) is 14.7 Å². The summed E-state index contributed by atoms with van der Waals surface area (Å²) in [6.45, 7) is 5.40. The van der Waals surface area contributed by atoms with E-state index in [1.165, 1.54) is 19.2 Å². The summed E-state index contributed by atoms with van der Waals surface area (Å²) < 4.78 is 10.5. The summed E-state index contributed by atoms with van der Waals surface area (Å²) in [6.07, 6.45) is -1.94. The molecule has 2 aliphatic rings. The van der Waals surface area contributed by atoms with Crippen molar-refractivity contribution in [3.8, 4) is 5.75 Å². The third kappa shape index (κ3) is 1.81. The molecule has 1 aromatic rings. The fraction of sp³-hybridized carbons (Fsp3) is 0.250. The van der Waals surface area contributed by atoms with Crippen LogP contribution in [0.4, 0.5) is 0 Å². The van der Waals surface area contributed by atoms with Crippen molar-refractivity contribution >= 4 is 11.6 Å². The molecule has 1 aromatic carbocycles. The van der Waals surface area contributed by atoms with Gasteiger partial charge in [0.05, 0.1) is 12.7 Å². The average Bonchev–Trinajstić information content (AvgIpc) is 2.82. The van der Waals surface area contributed by atoms with Crippen LogP contribution in [-0.2, 0) is 4.74 Å². The van der Waals surface area contributed by atoms with Crippen LogP contribution in [0.5, 0.6) is 5.75 Å². The molecule has 1 heterocycles. The van der Waals surface area contributed by atoms with E-state index < -0.39 is 23.8 Å². The molecule has 0 amide bonds. The Hall–Kier alpha value is -2.40. The fourth-order valence-electron chi connectivity index (χ4n) is 2.63. The number of benzene rings is 1. The maximum absolute atomic E-state index is 12.6. The summed E-state index contributed by atoms with van der Waals surface area (Å²) in [5.41, 5.74) is 1.05. The first-order chi connectivity index (χ1) is 9.95. The lowest BCUT2D eigenvalue weighted by atomic mass is 9.85. The molecule has 1 N–H and O–H groups in total. The number of hydrogen-bond acceptors (Lipinski definition) is 5. The van der Waals surface area contributed by atoms with Crippen LogP contribution >= 0.6 is 0 Å². The van der Waals surface area contributed by atoms with Crippen LogP contribution in [0.25, 0.3) is 0 Å². The van der Waals surface area contributed by atoms with Crippen molar-refractivity contribution in [3.63, 3.8) is 0 Å². The van der Waals surface area contributed by atoms with Crippen LogP contribution in [0.1, 0.15) is 27.6 Å². The van der Waals surface area contributed by atoms with Crippen molar-refractivity contribution in [2.45, 2.75) is 19.1 Å². The molecule has 0 bridgehead atoms. The van der Waals surface area contributed by atoms with Gasteiger partial charge >= 0.3 is 0 Å². The summed E-state index contributed by atoms with van der Waals surface area (Å²) in [7, 11) is 1.48. The number of ether oxygens (including phenoxy) is 2. The number of aliphatic hydroxyl groups excluding tert-OH is 1. The molecule has 21 heavy (non-hydrogen) atoms. The predicted molar refractivity (Wildman–Crippen MR) is 74.4 cm³/mol. The zero-order valence-corrected chi connectivity index (χ0v) is 11.7. The molecule has 0 unspecified atom stereocenters. The van der Waals surface area contributed by atoms with E-state index in [1.807, 2.05) is 0 Å². The highest BCUT2D eigenvalue weighted by atomic mass is 16.5. The van der Waals surface area contributed by atoms with Gasteiger partial charge in [0.1, 0.15) is 18.0 Å². The Kier molecular flexibility index (Phi) is 2.95. The first-order valence-electron chi connectivity index (χ1n) is 6.47. The van der Waals surface area contributed by atoms with Gasteiger partial charge in [-0.3, -0.25) is 9.59 Å². The molecule has 0 radical (unpaired) electrons. The zero-order chi connectivity index (χ0) is 15.3. The first-order valence-corrected chi connectivity index (χ1v) is 6.47. The largest absolute Gasteiger partial charge is 0.497 e. The SMILES string of the molecule is C=C(C)[C@@H]1OC2=C(C(=O)c3cc(OC)ccc3C2=O)[C@@H]1O. The number of rotatable bonds is 2. The van der Waals surface area contributed by atoms with Gasteiger partial charge in [-0.1, -0.05) is 6.58 Å². The van der Waals surface area contributed by atoms with Crippen molar-refractivity contribution < 1.29 is 24.2 Å². The number of allylic oxidation sites excluding steroid dienone is 1. The third-order valence-corrected chi connectivity index (χ3v) is 3.72. The highest BCUT2D eigenvalue weighted by Gasteiger charge is 2.46. The standard InChI is InChI=1S/C16H14O5/c1-7(2)15-14(19)11-12(17)10-6-8(20-3)4-5-9(10)13(18)16(11)21-15/h4-6,14-15,19H,1H2,2-3H3/t14-,15-/m0/s1. The summed E-state index contributed by atoms with van der Waals surface area (Å²) >= 11 is 0. The lowest BCUT2D eigenvalue weighted by molar-refractivity contribution is 0.0644. The van der Waals surface area contributed by atoms with Crippen molar-refractivity contribution in [3.05, 3.63) is 52.8 Å². The lowest BCUT2D eigenvalue weighted by Crippen LogP contribution is -2.28. The molecular formula is C16H14O5. The molecule has 5 heteroatoms. The highest BCUT2D eigenvalue weighted by molar-refractivity contribution is 6.27. The lowest BCUT2D eigenvalue weighted by Gasteiger charge is -2.16. The van der Waals surface area contributed by atoms with Gasteiger partial charge in [0, 0.05) is 11.1 Å². The minimum absolute atomic E-state index is 0.00810. The van der Waals surface area contributed by atoms with E-state index in [1.54, 1.807) is 13.0 Å². The number of hydrogen-bond donors (Lipinski definition) is 1. The highest BCUT2D eigenvalue weighted by Crippen LogP contribution is 2.38. The Morgan fingerprint density at radius 1 is 1.29 bits per heavy atom. The summed E-state index contributed by atoms with van der Waals surface area (Å²) in [5.74, 6) is -0.401. The number of Topliss-reactive ketones (excluding diaryl/α,β-unsaturated/α-hetero) is 2. The molecule has 0 saturated heterocycles. The van der Waals surface area contributed by atoms with Crippen LogP contribution in [0.3, 0.4) is 0 Å². The number of ketones is 2. The minimum atomic E-state index is -1.17. The van der Waals surface area contributed by atoms with Crippen molar-refractivity contribution in [2.75, 3.05) is 7.11 Å². The number of carbonyl (C=O) groups is 2. The van der Waals surface area contributed by atoms with Crippen LogP contribution in [0.2, 0.25) is 0 Å². The second kappa shape index (κ2) is 4.56. The van der Waals surface area contributed by atoms with E-state index in [4.69, 9.17) is 9.47 Å². The zero-order valence-electron chi connectivity index (χ0n) is 11.7. The maximum Gasteiger partial charge on any atom is 0.228 e. The van der Waals surface area contributed by atoms with E-state index in [-0.39, 0.29) is 22.5 Å². The van der Waals surface area contributed by atoms with E-state index in [0.717, 1.165) is 0 Å². The third-order valence-electron chi connectivity index (χ3n) is 3.72. The minimum Gasteiger partial charge on any atom is -0.497 e. The van der Waals surface area contributed by atoms with E-state index in [0.29, 0.717) is 11.3 Å². The van der Waals surface area contributed by atoms with Gasteiger partial charge in [-0.15, -0.1) is 0 Å². The average molecular weight is 286 g/mol. The Morgan fingerprint density at radius 3 is 2.62 bits per heavy atom. The summed E-state index contributed by atoms with van der Waals surface area (Å²) in [4.78, 5) is 25.0. The van der Waals surface area contributed by atoms with Gasteiger partial charge in [-0.2, -0.15) is 0 Å². The molecule has 1 aliphatic carbocycles. The normalized spacial score (nSPS) is 23.6. The van der Waals surface area contributed by atoms with Crippen LogP contribution in [0, 0.1) is 0 Å². The van der Waals surface area contributed by atoms with Gasteiger partial charge < -0.3 is 14.6 Å². The molecule has 108 valence electrons. The van der Waals surface area contributed by atoms with Crippen LogP contribution < -0.4 is 4.74 Å². The van der Waals surface area contributed by atoms with Gasteiger partial charge in [0.25, 0.3) is 0 Å². The fourth-order valence-corrected chi connectivity index (χ4v) is 2.63. The smallest absolute Gasteiger partial charge is 0.228 e. The van der Waals surface area contributed by atoms with Crippen LogP contribution in [-0.4, -0.2) is 36.0 Å².